The number of thiazole rings is 1. The topological polar surface area (TPSA) is 30.0 Å². The lowest BCUT2D eigenvalue weighted by Gasteiger charge is -2.00. The average molecular weight is 325 g/mol. The molecule has 3 aromatic rings. The van der Waals surface area contributed by atoms with Crippen LogP contribution in [0.1, 0.15) is 20.9 Å². The van der Waals surface area contributed by atoms with Gasteiger partial charge in [0, 0.05) is 10.5 Å². The molecule has 1 heterocycles. The van der Waals surface area contributed by atoms with Crippen LogP contribution in [0.15, 0.2) is 59.5 Å². The minimum atomic E-state index is 0.0565. The normalized spacial score (nSPS) is 10.6. The quantitative estimate of drug-likeness (QED) is 0.607. The van der Waals surface area contributed by atoms with E-state index in [-0.39, 0.29) is 5.12 Å². The van der Waals surface area contributed by atoms with Crippen LogP contribution in [0.5, 0.6) is 0 Å². The number of thioether (sulfide) groups is 1. The molecule has 0 amide bonds. The van der Waals surface area contributed by atoms with E-state index in [2.05, 4.69) is 4.98 Å². The van der Waals surface area contributed by atoms with E-state index in [9.17, 15) is 4.79 Å². The summed E-state index contributed by atoms with van der Waals surface area (Å²) in [4.78, 5) is 18.7. The van der Waals surface area contributed by atoms with Gasteiger partial charge in [-0.15, -0.1) is 11.3 Å². The van der Waals surface area contributed by atoms with E-state index in [0.717, 1.165) is 26.0 Å². The molecule has 3 rings (SSSR count). The summed E-state index contributed by atoms with van der Waals surface area (Å²) in [6.45, 7) is 3.93. The van der Waals surface area contributed by atoms with E-state index in [4.69, 9.17) is 0 Å². The zero-order valence-corrected chi connectivity index (χ0v) is 14.0. The highest BCUT2D eigenvalue weighted by Gasteiger charge is 2.17. The van der Waals surface area contributed by atoms with Gasteiger partial charge in [0.15, 0.2) is 0 Å². The van der Waals surface area contributed by atoms with Gasteiger partial charge in [0.2, 0.25) is 5.12 Å². The maximum absolute atomic E-state index is 12.5. The molecule has 110 valence electrons. The van der Waals surface area contributed by atoms with Crippen molar-refractivity contribution in [3.8, 4) is 10.6 Å². The Morgan fingerprint density at radius 3 is 2.36 bits per heavy atom. The molecule has 0 aliphatic rings. The lowest BCUT2D eigenvalue weighted by atomic mass is 10.2. The number of rotatable bonds is 3. The first kappa shape index (κ1) is 15.0. The maximum atomic E-state index is 12.5. The van der Waals surface area contributed by atoms with Crippen molar-refractivity contribution in [1.82, 2.24) is 4.98 Å². The predicted molar refractivity (Wildman–Crippen MR) is 93.7 cm³/mol. The van der Waals surface area contributed by atoms with Crippen molar-refractivity contribution in [1.29, 1.82) is 0 Å². The van der Waals surface area contributed by atoms with Crippen LogP contribution >= 0.6 is 23.1 Å². The molecule has 0 bridgehead atoms. The highest BCUT2D eigenvalue weighted by atomic mass is 32.2. The highest BCUT2D eigenvalue weighted by molar-refractivity contribution is 8.14. The van der Waals surface area contributed by atoms with Gasteiger partial charge < -0.3 is 0 Å². The van der Waals surface area contributed by atoms with Crippen molar-refractivity contribution in [2.45, 2.75) is 18.7 Å². The minimum Gasteiger partial charge on any atom is -0.280 e. The number of hydrogen-bond donors (Lipinski definition) is 0. The first-order valence-electron chi connectivity index (χ1n) is 6.95. The molecule has 0 radical (unpaired) electrons. The third kappa shape index (κ3) is 3.29. The van der Waals surface area contributed by atoms with Crippen LogP contribution in [-0.4, -0.2) is 10.1 Å². The van der Waals surface area contributed by atoms with Gasteiger partial charge >= 0.3 is 0 Å². The van der Waals surface area contributed by atoms with E-state index >= 15 is 0 Å². The van der Waals surface area contributed by atoms with Crippen molar-refractivity contribution in [2.24, 2.45) is 0 Å². The van der Waals surface area contributed by atoms with Crippen molar-refractivity contribution in [3.05, 3.63) is 70.7 Å². The minimum absolute atomic E-state index is 0.0565. The van der Waals surface area contributed by atoms with Crippen LogP contribution in [0.2, 0.25) is 0 Å². The summed E-state index contributed by atoms with van der Waals surface area (Å²) in [7, 11) is 0. The largest absolute Gasteiger partial charge is 0.280 e. The molecule has 0 aliphatic carbocycles. The number of benzene rings is 2. The molecule has 0 N–H and O–H groups in total. The molecule has 0 atom stereocenters. The third-order valence-electron chi connectivity index (χ3n) is 3.23. The Morgan fingerprint density at radius 2 is 1.68 bits per heavy atom. The Hall–Kier alpha value is -1.91. The Kier molecular flexibility index (Phi) is 4.41. The molecular weight excluding hydrogens is 310 g/mol. The lowest BCUT2D eigenvalue weighted by molar-refractivity contribution is 0.109. The number of aryl methyl sites for hydroxylation is 2. The summed E-state index contributed by atoms with van der Waals surface area (Å²) < 4.78 is 0. The number of carbonyl (C=O) groups excluding carboxylic acids is 1. The second-order valence-corrected chi connectivity index (χ2v) is 7.05. The molecular formula is C18H15NOS2. The summed E-state index contributed by atoms with van der Waals surface area (Å²) in [6.07, 6.45) is 0. The van der Waals surface area contributed by atoms with Crippen LogP contribution in [0.3, 0.4) is 0 Å². The standard InChI is InChI=1S/C18H15NOS2/c1-12-8-10-15(11-9-12)21-18(20)16-13(2)19-17(22-16)14-6-4-3-5-7-14/h3-11H,1-2H3. The van der Waals surface area contributed by atoms with E-state index in [1.54, 1.807) is 0 Å². The molecule has 4 heteroatoms. The fourth-order valence-corrected chi connectivity index (χ4v) is 3.93. The highest BCUT2D eigenvalue weighted by Crippen LogP contribution is 2.32. The van der Waals surface area contributed by atoms with Gasteiger partial charge in [0.05, 0.1) is 5.69 Å². The first-order valence-corrected chi connectivity index (χ1v) is 8.58. The SMILES string of the molecule is Cc1ccc(SC(=O)c2sc(-c3ccccc3)nc2C)cc1. The second-order valence-electron chi connectivity index (χ2n) is 5.00. The van der Waals surface area contributed by atoms with E-state index in [1.807, 2.05) is 68.4 Å². The van der Waals surface area contributed by atoms with Crippen LogP contribution in [0.25, 0.3) is 10.6 Å². The fourth-order valence-electron chi connectivity index (χ4n) is 2.05. The van der Waals surface area contributed by atoms with Gasteiger partial charge in [-0.2, -0.15) is 0 Å². The van der Waals surface area contributed by atoms with Gasteiger partial charge in [-0.1, -0.05) is 48.0 Å². The molecule has 1 aromatic heterocycles. The van der Waals surface area contributed by atoms with Crippen molar-refractivity contribution >= 4 is 28.2 Å². The third-order valence-corrected chi connectivity index (χ3v) is 5.47. The fraction of sp³-hybridized carbons (Fsp3) is 0.111. The van der Waals surface area contributed by atoms with Gasteiger partial charge in [0.25, 0.3) is 0 Å². The van der Waals surface area contributed by atoms with E-state index in [0.29, 0.717) is 0 Å². The molecule has 0 aliphatic heterocycles. The predicted octanol–water partition coefficient (Wildman–Crippen LogP) is 5.36. The Balaban J connectivity index is 1.84. The molecule has 22 heavy (non-hydrogen) atoms. The number of hydrogen-bond acceptors (Lipinski definition) is 4. The maximum Gasteiger partial charge on any atom is 0.235 e. The zero-order chi connectivity index (χ0) is 15.5. The monoisotopic (exact) mass is 325 g/mol. The van der Waals surface area contributed by atoms with Gasteiger partial charge in [-0.3, -0.25) is 4.79 Å². The summed E-state index contributed by atoms with van der Waals surface area (Å²) in [5, 5.41) is 0.951. The van der Waals surface area contributed by atoms with E-state index < -0.39 is 0 Å². The molecule has 0 fully saturated rings. The van der Waals surface area contributed by atoms with Crippen LogP contribution in [-0.2, 0) is 0 Å². The molecule has 0 saturated heterocycles. The van der Waals surface area contributed by atoms with Crippen LogP contribution in [0.4, 0.5) is 0 Å². The van der Waals surface area contributed by atoms with Crippen LogP contribution in [0, 0.1) is 13.8 Å². The number of nitrogens with zero attached hydrogens (tertiary/aromatic N) is 1. The Morgan fingerprint density at radius 1 is 1.00 bits per heavy atom. The van der Waals surface area contributed by atoms with Crippen LogP contribution < -0.4 is 0 Å². The van der Waals surface area contributed by atoms with Crippen molar-refractivity contribution < 1.29 is 4.79 Å². The lowest BCUT2D eigenvalue weighted by Crippen LogP contribution is -1.92. The molecule has 0 spiro atoms. The number of carbonyl (C=O) groups is 1. The first-order chi connectivity index (χ1) is 10.6. The summed E-state index contributed by atoms with van der Waals surface area (Å²) in [5.41, 5.74) is 3.04. The Bertz CT molecular complexity index is 792. The molecule has 2 aromatic carbocycles. The van der Waals surface area contributed by atoms with Gasteiger partial charge in [-0.05, 0) is 37.7 Å². The molecule has 0 saturated carbocycles. The summed E-state index contributed by atoms with van der Waals surface area (Å²) in [6, 6.07) is 18.0. The van der Waals surface area contributed by atoms with Crippen molar-refractivity contribution in [2.75, 3.05) is 0 Å². The Labute approximate surface area is 138 Å². The molecule has 0 unspecified atom stereocenters. The van der Waals surface area contributed by atoms with Crippen molar-refractivity contribution in [3.63, 3.8) is 0 Å². The summed E-state index contributed by atoms with van der Waals surface area (Å²) >= 11 is 2.72. The van der Waals surface area contributed by atoms with E-state index in [1.165, 1.54) is 28.7 Å². The summed E-state index contributed by atoms with van der Waals surface area (Å²) in [5.74, 6) is 0. The average Bonchev–Trinajstić information content (AvgIpc) is 2.92. The van der Waals surface area contributed by atoms with Gasteiger partial charge in [-0.25, -0.2) is 4.98 Å². The molecule has 2 nitrogen and oxygen atoms in total. The zero-order valence-electron chi connectivity index (χ0n) is 12.4. The van der Waals surface area contributed by atoms with Gasteiger partial charge in [0.1, 0.15) is 9.88 Å². The second kappa shape index (κ2) is 6.46. The number of aromatic nitrogens is 1. The smallest absolute Gasteiger partial charge is 0.235 e.